The second-order valence-corrected chi connectivity index (χ2v) is 9.83. The van der Waals surface area contributed by atoms with Gasteiger partial charge in [0.2, 0.25) is 11.8 Å². The third-order valence-corrected chi connectivity index (χ3v) is 7.06. The minimum absolute atomic E-state index is 0.0822. The van der Waals surface area contributed by atoms with Crippen LogP contribution in [0.15, 0.2) is 53.4 Å². The second kappa shape index (κ2) is 11.8. The first-order valence-corrected chi connectivity index (χ1v) is 12.4. The molecule has 2 aromatic rings. The molecule has 1 N–H and O–H groups in total. The third-order valence-electron chi connectivity index (χ3n) is 5.56. The highest BCUT2D eigenvalue weighted by atomic mass is 35.5. The van der Waals surface area contributed by atoms with Crippen molar-refractivity contribution in [1.29, 1.82) is 0 Å². The van der Waals surface area contributed by atoms with E-state index in [0.717, 1.165) is 36.1 Å². The Balaban J connectivity index is 1.69. The van der Waals surface area contributed by atoms with Crippen molar-refractivity contribution in [3.63, 3.8) is 0 Å². The number of nitrogens with one attached hydrogen (secondary N) is 1. The van der Waals surface area contributed by atoms with Gasteiger partial charge in [0.1, 0.15) is 6.04 Å². The fourth-order valence-electron chi connectivity index (χ4n) is 3.70. The van der Waals surface area contributed by atoms with Gasteiger partial charge < -0.3 is 10.2 Å². The lowest BCUT2D eigenvalue weighted by Crippen LogP contribution is -2.50. The lowest BCUT2D eigenvalue weighted by atomic mass is 9.95. The van der Waals surface area contributed by atoms with Crippen LogP contribution >= 0.6 is 35.0 Å². The Morgan fingerprint density at radius 2 is 1.58 bits per heavy atom. The number of nitrogens with zero attached hydrogens (tertiary/aromatic N) is 1. The zero-order chi connectivity index (χ0) is 22.2. The van der Waals surface area contributed by atoms with Crippen LogP contribution in [-0.2, 0) is 16.1 Å². The van der Waals surface area contributed by atoms with E-state index in [4.69, 9.17) is 23.2 Å². The van der Waals surface area contributed by atoms with E-state index in [1.165, 1.54) is 18.2 Å². The van der Waals surface area contributed by atoms with Crippen molar-refractivity contribution >= 4 is 46.8 Å². The van der Waals surface area contributed by atoms with Crippen LogP contribution in [-0.4, -0.2) is 34.6 Å². The van der Waals surface area contributed by atoms with E-state index in [2.05, 4.69) is 5.32 Å². The van der Waals surface area contributed by atoms with Gasteiger partial charge in [-0.1, -0.05) is 54.6 Å². The molecule has 1 unspecified atom stereocenters. The van der Waals surface area contributed by atoms with Gasteiger partial charge in [0.25, 0.3) is 0 Å². The third kappa shape index (κ3) is 7.44. The summed E-state index contributed by atoms with van der Waals surface area (Å²) in [6, 6.07) is 14.4. The first kappa shape index (κ1) is 24.0. The molecule has 1 atom stereocenters. The molecule has 1 fully saturated rings. The first-order valence-electron chi connectivity index (χ1n) is 10.6. The van der Waals surface area contributed by atoms with Crippen molar-refractivity contribution in [3.8, 4) is 0 Å². The van der Waals surface area contributed by atoms with Gasteiger partial charge in [-0.15, -0.1) is 11.8 Å². The maximum absolute atomic E-state index is 13.2. The monoisotopic (exact) mass is 478 g/mol. The Hall–Kier alpha value is -1.69. The van der Waals surface area contributed by atoms with Crippen molar-refractivity contribution in [2.75, 3.05) is 5.75 Å². The quantitative estimate of drug-likeness (QED) is 0.476. The van der Waals surface area contributed by atoms with Gasteiger partial charge >= 0.3 is 0 Å². The summed E-state index contributed by atoms with van der Waals surface area (Å²) in [6.07, 6.45) is 5.53. The van der Waals surface area contributed by atoms with E-state index in [-0.39, 0.29) is 23.6 Å². The van der Waals surface area contributed by atoms with E-state index in [0.29, 0.717) is 16.6 Å². The van der Waals surface area contributed by atoms with Crippen LogP contribution in [0.2, 0.25) is 10.0 Å². The molecule has 4 nitrogen and oxygen atoms in total. The zero-order valence-electron chi connectivity index (χ0n) is 17.7. The SMILES string of the molecule is CC(C(=O)NC1CCCCC1)N(Cc1ccc(Cl)cc1)C(=O)CSc1ccc(Cl)cc1. The van der Waals surface area contributed by atoms with Crippen molar-refractivity contribution < 1.29 is 9.59 Å². The van der Waals surface area contributed by atoms with E-state index < -0.39 is 6.04 Å². The van der Waals surface area contributed by atoms with Crippen LogP contribution in [0.3, 0.4) is 0 Å². The van der Waals surface area contributed by atoms with Crippen molar-refractivity contribution in [2.24, 2.45) is 0 Å². The predicted molar refractivity (Wildman–Crippen MR) is 129 cm³/mol. The molecule has 0 heterocycles. The maximum Gasteiger partial charge on any atom is 0.242 e. The molecule has 0 saturated heterocycles. The molecule has 0 spiro atoms. The number of hydrogen-bond donors (Lipinski definition) is 1. The Morgan fingerprint density at radius 3 is 2.19 bits per heavy atom. The normalized spacial score (nSPS) is 15.3. The van der Waals surface area contributed by atoms with Gasteiger partial charge in [-0.3, -0.25) is 9.59 Å². The molecule has 0 bridgehead atoms. The molecule has 3 rings (SSSR count). The average molecular weight is 479 g/mol. The lowest BCUT2D eigenvalue weighted by Gasteiger charge is -2.31. The van der Waals surface area contributed by atoms with Crippen LogP contribution in [0.25, 0.3) is 0 Å². The summed E-state index contributed by atoms with van der Waals surface area (Å²) in [6.45, 7) is 2.16. The van der Waals surface area contributed by atoms with Crippen LogP contribution in [0.5, 0.6) is 0 Å². The number of thioether (sulfide) groups is 1. The topological polar surface area (TPSA) is 49.4 Å². The van der Waals surface area contributed by atoms with Crippen LogP contribution in [0.4, 0.5) is 0 Å². The van der Waals surface area contributed by atoms with Crippen molar-refractivity contribution in [3.05, 3.63) is 64.1 Å². The largest absolute Gasteiger partial charge is 0.352 e. The minimum Gasteiger partial charge on any atom is -0.352 e. The maximum atomic E-state index is 13.2. The van der Waals surface area contributed by atoms with Gasteiger partial charge in [-0.25, -0.2) is 0 Å². The molecule has 1 aliphatic carbocycles. The summed E-state index contributed by atoms with van der Waals surface area (Å²) in [4.78, 5) is 28.8. The van der Waals surface area contributed by atoms with E-state index in [9.17, 15) is 9.59 Å². The lowest BCUT2D eigenvalue weighted by molar-refractivity contribution is -0.139. The minimum atomic E-state index is -0.559. The number of hydrogen-bond acceptors (Lipinski definition) is 3. The zero-order valence-corrected chi connectivity index (χ0v) is 20.0. The highest BCUT2D eigenvalue weighted by Crippen LogP contribution is 2.23. The Morgan fingerprint density at radius 1 is 1.00 bits per heavy atom. The van der Waals surface area contributed by atoms with E-state index in [1.54, 1.807) is 36.1 Å². The summed E-state index contributed by atoms with van der Waals surface area (Å²) in [5.74, 6) is 0.0721. The summed E-state index contributed by atoms with van der Waals surface area (Å²) < 4.78 is 0. The number of benzene rings is 2. The Kier molecular flexibility index (Phi) is 9.12. The summed E-state index contributed by atoms with van der Waals surface area (Å²) in [5.41, 5.74) is 0.937. The van der Waals surface area contributed by atoms with Gasteiger partial charge in [-0.05, 0) is 61.7 Å². The molecule has 1 saturated carbocycles. The standard InChI is InChI=1S/C24H28Cl2N2O2S/c1-17(24(30)27-21-5-3-2-4-6-21)28(15-18-7-9-19(25)10-8-18)23(29)16-31-22-13-11-20(26)12-14-22/h7-14,17,21H,2-6,15-16H2,1H3,(H,27,30). The number of carbonyl (C=O) groups is 2. The summed E-state index contributed by atoms with van der Waals surface area (Å²) in [5, 5.41) is 4.46. The molecule has 31 heavy (non-hydrogen) atoms. The molecule has 2 amide bonds. The molecular formula is C24H28Cl2N2O2S. The van der Waals surface area contributed by atoms with Crippen molar-refractivity contribution in [2.45, 2.75) is 62.6 Å². The Bertz CT molecular complexity index is 868. The molecular weight excluding hydrogens is 451 g/mol. The van der Waals surface area contributed by atoms with E-state index in [1.807, 2.05) is 24.3 Å². The molecule has 7 heteroatoms. The van der Waals surface area contributed by atoms with Gasteiger partial charge in [0.15, 0.2) is 0 Å². The highest BCUT2D eigenvalue weighted by Gasteiger charge is 2.28. The number of halogens is 2. The molecule has 0 aliphatic heterocycles. The average Bonchev–Trinajstić information content (AvgIpc) is 2.78. The highest BCUT2D eigenvalue weighted by molar-refractivity contribution is 8.00. The molecule has 2 aromatic carbocycles. The predicted octanol–water partition coefficient (Wildman–Crippen LogP) is 5.95. The van der Waals surface area contributed by atoms with Crippen LogP contribution in [0.1, 0.15) is 44.6 Å². The van der Waals surface area contributed by atoms with Gasteiger partial charge in [-0.2, -0.15) is 0 Å². The molecule has 0 radical (unpaired) electrons. The van der Waals surface area contributed by atoms with E-state index >= 15 is 0 Å². The summed E-state index contributed by atoms with van der Waals surface area (Å²) in [7, 11) is 0. The smallest absolute Gasteiger partial charge is 0.242 e. The fourth-order valence-corrected chi connectivity index (χ4v) is 4.73. The van der Waals surface area contributed by atoms with Crippen LogP contribution in [0, 0.1) is 0 Å². The van der Waals surface area contributed by atoms with Crippen molar-refractivity contribution in [1.82, 2.24) is 10.2 Å². The molecule has 1 aliphatic rings. The van der Waals surface area contributed by atoms with Crippen LogP contribution < -0.4 is 5.32 Å². The van der Waals surface area contributed by atoms with Gasteiger partial charge in [0, 0.05) is 27.5 Å². The second-order valence-electron chi connectivity index (χ2n) is 7.91. The first-order chi connectivity index (χ1) is 14.9. The van der Waals surface area contributed by atoms with Gasteiger partial charge in [0.05, 0.1) is 5.75 Å². The summed E-state index contributed by atoms with van der Waals surface area (Å²) >= 11 is 13.4. The number of rotatable bonds is 8. The molecule has 166 valence electrons. The Labute approximate surface area is 198 Å². The fraction of sp³-hybridized carbons (Fsp3) is 0.417. The number of amides is 2. The number of carbonyl (C=O) groups excluding carboxylic acids is 2. The molecule has 0 aromatic heterocycles.